The Morgan fingerprint density at radius 3 is 2.65 bits per heavy atom. The van der Waals surface area contributed by atoms with E-state index in [1.54, 1.807) is 0 Å². The first-order chi connectivity index (χ1) is 11.1. The quantitative estimate of drug-likeness (QED) is 0.906. The summed E-state index contributed by atoms with van der Waals surface area (Å²) in [5, 5.41) is 4.27. The molecule has 23 heavy (non-hydrogen) atoms. The van der Waals surface area contributed by atoms with E-state index in [9.17, 15) is 4.79 Å². The number of hydrogen-bond acceptors (Lipinski definition) is 3. The fraction of sp³-hybridized carbons (Fsp3) is 0.778. The average molecular weight is 316 g/mol. The third-order valence-corrected chi connectivity index (χ3v) is 6.46. The second kappa shape index (κ2) is 5.93. The van der Waals surface area contributed by atoms with E-state index >= 15 is 0 Å². The van der Waals surface area contributed by atoms with Crippen LogP contribution in [-0.4, -0.2) is 39.7 Å². The van der Waals surface area contributed by atoms with E-state index in [2.05, 4.69) is 16.2 Å². The fourth-order valence-electron chi connectivity index (χ4n) is 5.13. The minimum absolute atomic E-state index is 0.220. The first-order valence-electron chi connectivity index (χ1n) is 9.14. The van der Waals surface area contributed by atoms with Crippen LogP contribution in [0.4, 0.5) is 0 Å². The molecule has 3 unspecified atom stereocenters. The molecular weight excluding hydrogens is 288 g/mol. The molecule has 2 saturated carbocycles. The van der Waals surface area contributed by atoms with Gasteiger partial charge in [0, 0.05) is 44.2 Å². The Hall–Kier alpha value is -1.36. The van der Waals surface area contributed by atoms with Gasteiger partial charge in [-0.25, -0.2) is 0 Å². The maximum absolute atomic E-state index is 13.0. The summed E-state index contributed by atoms with van der Waals surface area (Å²) in [5.41, 5.74) is 7.64. The zero-order valence-electron chi connectivity index (χ0n) is 14.0. The van der Waals surface area contributed by atoms with E-state index < -0.39 is 0 Å². The third-order valence-electron chi connectivity index (χ3n) is 6.46. The van der Waals surface area contributed by atoms with Crippen LogP contribution in [0, 0.1) is 17.8 Å². The Morgan fingerprint density at radius 2 is 2.00 bits per heavy atom. The Labute approximate surface area is 138 Å². The standard InChI is InChI=1S/C18H28N4O/c1-21-10-16(9-20-21)14-5-6-22(11-14)18(23)15-7-12-3-2-4-13(8-15)17(12)19/h9-10,12-15,17H,2-8,11,19H2,1H3. The summed E-state index contributed by atoms with van der Waals surface area (Å²) in [4.78, 5) is 15.1. The molecular formula is C18H28N4O. The highest BCUT2D eigenvalue weighted by atomic mass is 16.2. The van der Waals surface area contributed by atoms with Gasteiger partial charge < -0.3 is 10.6 Å². The van der Waals surface area contributed by atoms with E-state index in [1.165, 1.54) is 24.8 Å². The van der Waals surface area contributed by atoms with Gasteiger partial charge in [-0.3, -0.25) is 9.48 Å². The molecule has 2 aliphatic carbocycles. The van der Waals surface area contributed by atoms with E-state index in [-0.39, 0.29) is 5.92 Å². The van der Waals surface area contributed by atoms with Crippen molar-refractivity contribution in [2.45, 2.75) is 50.5 Å². The van der Waals surface area contributed by atoms with Crippen molar-refractivity contribution < 1.29 is 4.79 Å². The molecule has 0 radical (unpaired) electrons. The Bertz CT molecular complexity index is 569. The number of nitrogens with zero attached hydrogens (tertiary/aromatic N) is 3. The maximum atomic E-state index is 13.0. The molecule has 0 spiro atoms. The number of nitrogens with two attached hydrogens (primary N) is 1. The summed E-state index contributed by atoms with van der Waals surface area (Å²) in [7, 11) is 1.95. The van der Waals surface area contributed by atoms with Crippen molar-refractivity contribution >= 4 is 5.91 Å². The third kappa shape index (κ3) is 2.80. The van der Waals surface area contributed by atoms with Crippen LogP contribution in [0.15, 0.2) is 12.4 Å². The Morgan fingerprint density at radius 1 is 1.26 bits per heavy atom. The van der Waals surface area contributed by atoms with Gasteiger partial charge in [0.2, 0.25) is 5.91 Å². The average Bonchev–Trinajstić information content (AvgIpc) is 3.15. The summed E-state index contributed by atoms with van der Waals surface area (Å²) in [6.07, 6.45) is 10.9. The molecule has 3 fully saturated rings. The molecule has 5 nitrogen and oxygen atoms in total. The van der Waals surface area contributed by atoms with Gasteiger partial charge in [-0.2, -0.15) is 5.10 Å². The molecule has 1 saturated heterocycles. The molecule has 1 amide bonds. The van der Waals surface area contributed by atoms with Crippen molar-refractivity contribution in [3.05, 3.63) is 18.0 Å². The number of fused-ring (bicyclic) bond motifs is 2. The summed E-state index contributed by atoms with van der Waals surface area (Å²) >= 11 is 0. The van der Waals surface area contributed by atoms with Crippen molar-refractivity contribution in [3.8, 4) is 0 Å². The summed E-state index contributed by atoms with van der Waals surface area (Å²) < 4.78 is 1.85. The van der Waals surface area contributed by atoms with Crippen LogP contribution >= 0.6 is 0 Å². The molecule has 3 atom stereocenters. The lowest BCUT2D eigenvalue weighted by Gasteiger charge is -2.44. The predicted molar refractivity (Wildman–Crippen MR) is 88.7 cm³/mol. The van der Waals surface area contributed by atoms with Crippen LogP contribution in [-0.2, 0) is 11.8 Å². The van der Waals surface area contributed by atoms with Gasteiger partial charge in [0.15, 0.2) is 0 Å². The zero-order valence-corrected chi connectivity index (χ0v) is 14.0. The molecule has 2 N–H and O–H groups in total. The van der Waals surface area contributed by atoms with Crippen LogP contribution in [0.25, 0.3) is 0 Å². The van der Waals surface area contributed by atoms with E-state index in [0.717, 1.165) is 32.4 Å². The Balaban J connectivity index is 1.40. The van der Waals surface area contributed by atoms with Gasteiger partial charge in [-0.1, -0.05) is 6.42 Å². The van der Waals surface area contributed by atoms with Crippen molar-refractivity contribution in [1.29, 1.82) is 0 Å². The molecule has 3 aliphatic rings. The van der Waals surface area contributed by atoms with Crippen LogP contribution in [0.3, 0.4) is 0 Å². The molecule has 2 heterocycles. The molecule has 4 rings (SSSR count). The van der Waals surface area contributed by atoms with Crippen LogP contribution < -0.4 is 5.73 Å². The molecule has 126 valence electrons. The number of amides is 1. The molecule has 5 heteroatoms. The number of carbonyl (C=O) groups excluding carboxylic acids is 1. The number of rotatable bonds is 2. The first kappa shape index (κ1) is 15.2. The molecule has 1 aliphatic heterocycles. The van der Waals surface area contributed by atoms with Gasteiger partial charge in [0.25, 0.3) is 0 Å². The molecule has 0 aromatic carbocycles. The number of likely N-dealkylation sites (tertiary alicyclic amines) is 1. The van der Waals surface area contributed by atoms with Crippen LogP contribution in [0.5, 0.6) is 0 Å². The SMILES string of the molecule is Cn1cc(C2CCN(C(=O)C3CC4CCCC(C3)C4N)C2)cn1. The van der Waals surface area contributed by atoms with Crippen LogP contribution in [0.2, 0.25) is 0 Å². The lowest BCUT2D eigenvalue weighted by atomic mass is 9.65. The summed E-state index contributed by atoms with van der Waals surface area (Å²) in [6, 6.07) is 0.342. The number of aryl methyl sites for hydroxylation is 1. The van der Waals surface area contributed by atoms with E-state index in [4.69, 9.17) is 5.73 Å². The predicted octanol–water partition coefficient (Wildman–Crippen LogP) is 1.89. The second-order valence-corrected chi connectivity index (χ2v) is 7.91. The molecule has 2 bridgehead atoms. The van der Waals surface area contributed by atoms with Gasteiger partial charge >= 0.3 is 0 Å². The monoisotopic (exact) mass is 316 g/mol. The largest absolute Gasteiger partial charge is 0.342 e. The highest BCUT2D eigenvalue weighted by Gasteiger charge is 2.42. The minimum atomic E-state index is 0.220. The number of hydrogen-bond donors (Lipinski definition) is 1. The zero-order chi connectivity index (χ0) is 16.0. The lowest BCUT2D eigenvalue weighted by molar-refractivity contribution is -0.137. The van der Waals surface area contributed by atoms with Crippen molar-refractivity contribution in [3.63, 3.8) is 0 Å². The normalized spacial score (nSPS) is 37.1. The highest BCUT2D eigenvalue weighted by molar-refractivity contribution is 5.79. The first-order valence-corrected chi connectivity index (χ1v) is 9.14. The fourth-order valence-corrected chi connectivity index (χ4v) is 5.13. The van der Waals surface area contributed by atoms with E-state index in [1.807, 2.05) is 17.9 Å². The molecule has 1 aromatic rings. The lowest BCUT2D eigenvalue weighted by Crippen LogP contribution is -2.49. The van der Waals surface area contributed by atoms with E-state index in [0.29, 0.717) is 29.7 Å². The second-order valence-electron chi connectivity index (χ2n) is 7.91. The minimum Gasteiger partial charge on any atom is -0.342 e. The van der Waals surface area contributed by atoms with Crippen molar-refractivity contribution in [1.82, 2.24) is 14.7 Å². The topological polar surface area (TPSA) is 64.2 Å². The van der Waals surface area contributed by atoms with Gasteiger partial charge in [-0.05, 0) is 49.5 Å². The summed E-state index contributed by atoms with van der Waals surface area (Å²) in [6.45, 7) is 1.76. The number of carbonyl (C=O) groups is 1. The number of aromatic nitrogens is 2. The highest BCUT2D eigenvalue weighted by Crippen LogP contribution is 2.43. The smallest absolute Gasteiger partial charge is 0.225 e. The Kier molecular flexibility index (Phi) is 3.92. The molecule has 1 aromatic heterocycles. The maximum Gasteiger partial charge on any atom is 0.225 e. The van der Waals surface area contributed by atoms with Gasteiger partial charge in [0.05, 0.1) is 6.20 Å². The van der Waals surface area contributed by atoms with Gasteiger partial charge in [0.1, 0.15) is 0 Å². The van der Waals surface area contributed by atoms with Crippen molar-refractivity contribution in [2.75, 3.05) is 13.1 Å². The van der Waals surface area contributed by atoms with Crippen molar-refractivity contribution in [2.24, 2.45) is 30.5 Å². The summed E-state index contributed by atoms with van der Waals surface area (Å²) in [5.74, 6) is 2.22. The van der Waals surface area contributed by atoms with Gasteiger partial charge in [-0.15, -0.1) is 0 Å². The van der Waals surface area contributed by atoms with Crippen LogP contribution in [0.1, 0.15) is 50.0 Å².